The van der Waals surface area contributed by atoms with Crippen LogP contribution in [0, 0.1) is 11.8 Å². The molecule has 2 aliphatic rings. The molecule has 0 aliphatic heterocycles. The molecule has 2 saturated carbocycles. The topological polar surface area (TPSA) is 42.1 Å². The maximum atomic E-state index is 6.09. The van der Waals surface area contributed by atoms with Gasteiger partial charge >= 0.3 is 0 Å². The molecule has 0 atom stereocenters. The lowest BCUT2D eigenvalue weighted by molar-refractivity contribution is 0.681. The van der Waals surface area contributed by atoms with E-state index < -0.39 is 0 Å². The summed E-state index contributed by atoms with van der Waals surface area (Å²) >= 11 is 0. The summed E-state index contributed by atoms with van der Waals surface area (Å²) in [7, 11) is 0. The molecule has 0 amide bonds. The number of benzene rings is 1. The minimum Gasteiger partial charge on any atom is -0.398 e. The van der Waals surface area contributed by atoms with Crippen LogP contribution in [0.2, 0.25) is 0 Å². The third-order valence-electron chi connectivity index (χ3n) is 4.52. The number of hydrogen-bond donors (Lipinski definition) is 1. The zero-order chi connectivity index (χ0) is 13.5. The van der Waals surface area contributed by atoms with Crippen molar-refractivity contribution >= 4 is 22.1 Å². The summed E-state index contributed by atoms with van der Waals surface area (Å²) in [6.45, 7) is 2.41. The lowest BCUT2D eigenvalue weighted by Crippen LogP contribution is -2.28. The Labute approximate surface area is 119 Å². The monoisotopic (exact) mass is 267 g/mol. The fourth-order valence-electron chi connectivity index (χ4n) is 2.97. The van der Waals surface area contributed by atoms with Crippen LogP contribution in [0.1, 0.15) is 25.7 Å². The average Bonchev–Trinajstić information content (AvgIpc) is 3.35. The van der Waals surface area contributed by atoms with Gasteiger partial charge in [0, 0.05) is 47.6 Å². The van der Waals surface area contributed by atoms with Crippen molar-refractivity contribution < 1.29 is 0 Å². The summed E-state index contributed by atoms with van der Waals surface area (Å²) < 4.78 is 0. The second kappa shape index (κ2) is 4.65. The minimum absolute atomic E-state index is 0.828. The van der Waals surface area contributed by atoms with E-state index in [4.69, 9.17) is 5.73 Å². The Balaban J connectivity index is 1.74. The predicted octanol–water partition coefficient (Wildman–Crippen LogP) is 3.44. The van der Waals surface area contributed by atoms with Crippen molar-refractivity contribution in [1.82, 2.24) is 4.98 Å². The van der Waals surface area contributed by atoms with Gasteiger partial charge in [0.15, 0.2) is 0 Å². The molecule has 2 aromatic rings. The SMILES string of the molecule is Nc1ccc(N(CC2CC2)CC2CC2)c2ccncc12. The van der Waals surface area contributed by atoms with E-state index in [1.165, 1.54) is 49.8 Å². The van der Waals surface area contributed by atoms with Crippen LogP contribution in [-0.4, -0.2) is 18.1 Å². The third kappa shape index (κ3) is 2.33. The van der Waals surface area contributed by atoms with Gasteiger partial charge in [-0.2, -0.15) is 0 Å². The maximum Gasteiger partial charge on any atom is 0.0448 e. The number of aromatic nitrogens is 1. The second-order valence-electron chi connectivity index (χ2n) is 6.39. The molecular weight excluding hydrogens is 246 g/mol. The van der Waals surface area contributed by atoms with Crippen LogP contribution in [0.4, 0.5) is 11.4 Å². The van der Waals surface area contributed by atoms with Gasteiger partial charge in [0.1, 0.15) is 0 Å². The normalized spacial score (nSPS) is 18.4. The molecule has 2 N–H and O–H groups in total. The van der Waals surface area contributed by atoms with Gasteiger partial charge in [0.25, 0.3) is 0 Å². The number of fused-ring (bicyclic) bond motifs is 1. The van der Waals surface area contributed by atoms with Gasteiger partial charge in [-0.05, 0) is 55.7 Å². The van der Waals surface area contributed by atoms with Crippen LogP contribution < -0.4 is 10.6 Å². The maximum absolute atomic E-state index is 6.09. The second-order valence-corrected chi connectivity index (χ2v) is 6.39. The van der Waals surface area contributed by atoms with Crippen LogP contribution in [0.5, 0.6) is 0 Å². The van der Waals surface area contributed by atoms with Gasteiger partial charge in [-0.15, -0.1) is 0 Å². The Morgan fingerprint density at radius 1 is 1.00 bits per heavy atom. The number of nitrogens with two attached hydrogens (primary N) is 1. The first-order valence-electron chi connectivity index (χ1n) is 7.68. The Morgan fingerprint density at radius 2 is 1.70 bits per heavy atom. The molecule has 3 nitrogen and oxygen atoms in total. The Bertz CT molecular complexity index is 615. The number of rotatable bonds is 5. The van der Waals surface area contributed by atoms with Crippen LogP contribution >= 0.6 is 0 Å². The van der Waals surface area contributed by atoms with Crippen LogP contribution in [0.25, 0.3) is 10.8 Å². The Hall–Kier alpha value is -1.77. The van der Waals surface area contributed by atoms with Gasteiger partial charge in [-0.25, -0.2) is 0 Å². The largest absolute Gasteiger partial charge is 0.398 e. The summed E-state index contributed by atoms with van der Waals surface area (Å²) in [6.07, 6.45) is 9.36. The molecular formula is C17H21N3. The first-order chi connectivity index (χ1) is 9.81. The number of hydrogen-bond acceptors (Lipinski definition) is 3. The average molecular weight is 267 g/mol. The van der Waals surface area contributed by atoms with E-state index >= 15 is 0 Å². The molecule has 1 heterocycles. The molecule has 2 aliphatic carbocycles. The van der Waals surface area contributed by atoms with Gasteiger partial charge < -0.3 is 10.6 Å². The molecule has 0 spiro atoms. The first-order valence-corrected chi connectivity index (χ1v) is 7.68. The van der Waals surface area contributed by atoms with Gasteiger partial charge in [-0.3, -0.25) is 4.98 Å². The highest BCUT2D eigenvalue weighted by atomic mass is 15.1. The summed E-state index contributed by atoms with van der Waals surface area (Å²) in [5.41, 5.74) is 8.27. The van der Waals surface area contributed by atoms with E-state index in [-0.39, 0.29) is 0 Å². The highest BCUT2D eigenvalue weighted by Gasteiger charge is 2.30. The molecule has 3 heteroatoms. The molecule has 2 fully saturated rings. The van der Waals surface area contributed by atoms with Crippen molar-refractivity contribution in [3.63, 3.8) is 0 Å². The molecule has 0 radical (unpaired) electrons. The summed E-state index contributed by atoms with van der Waals surface area (Å²) in [5, 5.41) is 2.34. The van der Waals surface area contributed by atoms with E-state index in [1.807, 2.05) is 18.5 Å². The fraction of sp³-hybridized carbons (Fsp3) is 0.471. The van der Waals surface area contributed by atoms with Crippen molar-refractivity contribution in [1.29, 1.82) is 0 Å². The molecule has 0 bridgehead atoms. The minimum atomic E-state index is 0.828. The third-order valence-corrected chi connectivity index (χ3v) is 4.52. The smallest absolute Gasteiger partial charge is 0.0448 e. The number of pyridine rings is 1. The van der Waals surface area contributed by atoms with E-state index in [9.17, 15) is 0 Å². The van der Waals surface area contributed by atoms with Crippen LogP contribution in [0.3, 0.4) is 0 Å². The zero-order valence-electron chi connectivity index (χ0n) is 11.8. The van der Waals surface area contributed by atoms with E-state index in [0.717, 1.165) is 22.9 Å². The summed E-state index contributed by atoms with van der Waals surface area (Å²) in [4.78, 5) is 6.82. The standard InChI is InChI=1S/C17H21N3/c18-16-5-6-17(14-7-8-19-9-15(14)16)20(10-12-1-2-12)11-13-3-4-13/h5-9,12-13H,1-4,10-11,18H2. The Kier molecular flexibility index (Phi) is 2.79. The summed E-state index contributed by atoms with van der Waals surface area (Å²) in [6, 6.07) is 6.34. The first kappa shape index (κ1) is 12.0. The molecule has 1 aromatic carbocycles. The van der Waals surface area contributed by atoms with Gasteiger partial charge in [-0.1, -0.05) is 0 Å². The van der Waals surface area contributed by atoms with Crippen LogP contribution in [0.15, 0.2) is 30.6 Å². The molecule has 0 unspecified atom stereocenters. The van der Waals surface area contributed by atoms with E-state index in [1.54, 1.807) is 0 Å². The molecule has 104 valence electrons. The van der Waals surface area contributed by atoms with E-state index in [2.05, 4.69) is 22.0 Å². The Morgan fingerprint density at radius 3 is 2.35 bits per heavy atom. The molecule has 1 aromatic heterocycles. The summed E-state index contributed by atoms with van der Waals surface area (Å²) in [5.74, 6) is 1.81. The lowest BCUT2D eigenvalue weighted by atomic mass is 10.1. The van der Waals surface area contributed by atoms with Crippen molar-refractivity contribution in [3.05, 3.63) is 30.6 Å². The lowest BCUT2D eigenvalue weighted by Gasteiger charge is -2.26. The van der Waals surface area contributed by atoms with Crippen molar-refractivity contribution in [2.75, 3.05) is 23.7 Å². The zero-order valence-corrected chi connectivity index (χ0v) is 11.8. The fourth-order valence-corrected chi connectivity index (χ4v) is 2.97. The molecule has 0 saturated heterocycles. The van der Waals surface area contributed by atoms with Crippen molar-refractivity contribution in [2.24, 2.45) is 11.8 Å². The number of nitrogen functional groups attached to an aromatic ring is 1. The number of anilines is 2. The van der Waals surface area contributed by atoms with Gasteiger partial charge in [0.05, 0.1) is 0 Å². The highest BCUT2D eigenvalue weighted by molar-refractivity contribution is 6.00. The molecule has 20 heavy (non-hydrogen) atoms. The predicted molar refractivity (Wildman–Crippen MR) is 83.8 cm³/mol. The van der Waals surface area contributed by atoms with Gasteiger partial charge in [0.2, 0.25) is 0 Å². The quantitative estimate of drug-likeness (QED) is 0.844. The van der Waals surface area contributed by atoms with E-state index in [0.29, 0.717) is 0 Å². The number of nitrogens with zero attached hydrogens (tertiary/aromatic N) is 2. The highest BCUT2D eigenvalue weighted by Crippen LogP contribution is 2.38. The van der Waals surface area contributed by atoms with Crippen LogP contribution in [-0.2, 0) is 0 Å². The van der Waals surface area contributed by atoms with Crippen molar-refractivity contribution in [2.45, 2.75) is 25.7 Å². The molecule has 4 rings (SSSR count). The van der Waals surface area contributed by atoms with Crippen molar-refractivity contribution in [3.8, 4) is 0 Å².